The van der Waals surface area contributed by atoms with Crippen LogP contribution in [0.3, 0.4) is 0 Å². The molecule has 4 rings (SSSR count). The van der Waals surface area contributed by atoms with Crippen molar-refractivity contribution in [2.45, 2.75) is 26.3 Å². The van der Waals surface area contributed by atoms with Gasteiger partial charge in [0.15, 0.2) is 5.78 Å². The quantitative estimate of drug-likeness (QED) is 0.466. The smallest absolute Gasteiger partial charge is 0.228 e. The molecule has 3 aromatic heterocycles. The highest BCUT2D eigenvalue weighted by molar-refractivity contribution is 6.16. The molecule has 0 saturated heterocycles. The van der Waals surface area contributed by atoms with Gasteiger partial charge in [-0.2, -0.15) is 5.26 Å². The normalized spacial score (nSPS) is 10.8. The number of amides is 1. The fraction of sp³-hybridized carbons (Fsp3) is 0.160. The second-order valence-electron chi connectivity index (χ2n) is 7.76. The Bertz CT molecular complexity index is 1350. The molecule has 0 aliphatic carbocycles. The molecule has 0 bridgehead atoms. The number of hydrogen-bond donors (Lipinski definition) is 1. The van der Waals surface area contributed by atoms with Crippen molar-refractivity contribution in [3.8, 4) is 6.07 Å². The lowest BCUT2D eigenvalue weighted by Gasteiger charge is -2.08. The molecule has 1 aromatic carbocycles. The lowest BCUT2D eigenvalue weighted by molar-refractivity contribution is -0.115. The summed E-state index contributed by atoms with van der Waals surface area (Å²) in [5.41, 5.74) is 3.64. The van der Waals surface area contributed by atoms with Crippen LogP contribution in [0.25, 0.3) is 10.9 Å². The average molecular weight is 423 g/mol. The molecule has 0 spiro atoms. The summed E-state index contributed by atoms with van der Waals surface area (Å²) in [5, 5.41) is 12.4. The molecular weight excluding hydrogens is 402 g/mol. The van der Waals surface area contributed by atoms with Crippen molar-refractivity contribution in [2.75, 3.05) is 5.32 Å². The molecule has 1 amide bonds. The number of hydrogen-bond acceptors (Lipinski definition) is 5. The Morgan fingerprint density at radius 2 is 1.88 bits per heavy atom. The summed E-state index contributed by atoms with van der Waals surface area (Å²) in [4.78, 5) is 34.0. The van der Waals surface area contributed by atoms with E-state index in [1.807, 2.05) is 16.8 Å². The van der Waals surface area contributed by atoms with Crippen LogP contribution in [0.15, 0.2) is 67.4 Å². The van der Waals surface area contributed by atoms with Crippen molar-refractivity contribution in [3.63, 3.8) is 0 Å². The van der Waals surface area contributed by atoms with E-state index in [1.165, 1.54) is 12.4 Å². The van der Waals surface area contributed by atoms with E-state index in [0.29, 0.717) is 22.4 Å². The maximum Gasteiger partial charge on any atom is 0.228 e. The standard InChI is InChI=1S/C25H21N5O2/c1-16(2)30-15-22(21-14-27-8-7-23(21)30)25(32)19-10-20(13-28-12-19)29-24(31)9-17-3-5-18(11-26)6-4-17/h3-8,10,12-16H,9H2,1-2H3,(H,29,31). The monoisotopic (exact) mass is 423 g/mol. The Morgan fingerprint density at radius 3 is 2.59 bits per heavy atom. The number of rotatable bonds is 6. The van der Waals surface area contributed by atoms with Crippen molar-refractivity contribution in [3.05, 3.63) is 89.6 Å². The number of fused-ring (bicyclic) bond motifs is 1. The minimum Gasteiger partial charge on any atom is -0.344 e. The topological polar surface area (TPSA) is 101 Å². The number of nitriles is 1. The lowest BCUT2D eigenvalue weighted by atomic mass is 10.0. The van der Waals surface area contributed by atoms with Crippen LogP contribution in [0.5, 0.6) is 0 Å². The SMILES string of the molecule is CC(C)n1cc(C(=O)c2cncc(NC(=O)Cc3ccc(C#N)cc3)c2)c2cnccc21. The minimum absolute atomic E-state index is 0.150. The number of carbonyl (C=O) groups is 2. The molecule has 32 heavy (non-hydrogen) atoms. The molecule has 0 unspecified atom stereocenters. The molecule has 3 heterocycles. The fourth-order valence-electron chi connectivity index (χ4n) is 3.58. The van der Waals surface area contributed by atoms with Gasteiger partial charge in [-0.25, -0.2) is 0 Å². The number of pyridine rings is 2. The molecule has 0 atom stereocenters. The van der Waals surface area contributed by atoms with Gasteiger partial charge >= 0.3 is 0 Å². The Hall–Kier alpha value is -4.31. The van der Waals surface area contributed by atoms with Gasteiger partial charge in [-0.3, -0.25) is 19.6 Å². The largest absolute Gasteiger partial charge is 0.344 e. The first-order valence-corrected chi connectivity index (χ1v) is 10.2. The van der Waals surface area contributed by atoms with Gasteiger partial charge in [0, 0.05) is 47.3 Å². The molecule has 0 radical (unpaired) electrons. The molecule has 1 N–H and O–H groups in total. The summed E-state index contributed by atoms with van der Waals surface area (Å²) in [6.45, 7) is 4.11. The molecule has 0 aliphatic rings. The summed E-state index contributed by atoms with van der Waals surface area (Å²) >= 11 is 0. The van der Waals surface area contributed by atoms with Crippen molar-refractivity contribution < 1.29 is 9.59 Å². The van der Waals surface area contributed by atoms with E-state index in [-0.39, 0.29) is 24.2 Å². The summed E-state index contributed by atoms with van der Waals surface area (Å²) in [5.74, 6) is -0.417. The van der Waals surface area contributed by atoms with Gasteiger partial charge in [0.1, 0.15) is 0 Å². The fourth-order valence-corrected chi connectivity index (χ4v) is 3.58. The summed E-state index contributed by atoms with van der Waals surface area (Å²) < 4.78 is 2.04. The van der Waals surface area contributed by atoms with Gasteiger partial charge in [0.2, 0.25) is 5.91 Å². The zero-order valence-electron chi connectivity index (χ0n) is 17.7. The van der Waals surface area contributed by atoms with E-state index in [1.54, 1.807) is 42.7 Å². The van der Waals surface area contributed by atoms with Crippen LogP contribution in [0.1, 0.15) is 46.9 Å². The van der Waals surface area contributed by atoms with Crippen LogP contribution in [-0.2, 0) is 11.2 Å². The first-order valence-electron chi connectivity index (χ1n) is 10.2. The van der Waals surface area contributed by atoms with Crippen LogP contribution in [0.4, 0.5) is 5.69 Å². The second kappa shape index (κ2) is 8.82. The van der Waals surface area contributed by atoms with Gasteiger partial charge in [-0.05, 0) is 43.7 Å². The number of aromatic nitrogens is 3. The van der Waals surface area contributed by atoms with Crippen LogP contribution in [0, 0.1) is 11.3 Å². The third-order valence-corrected chi connectivity index (χ3v) is 5.17. The number of benzene rings is 1. The van der Waals surface area contributed by atoms with E-state index in [2.05, 4.69) is 35.2 Å². The number of carbonyl (C=O) groups excluding carboxylic acids is 2. The van der Waals surface area contributed by atoms with Gasteiger partial charge < -0.3 is 9.88 Å². The molecule has 0 saturated carbocycles. The molecule has 0 aliphatic heterocycles. The van der Waals surface area contributed by atoms with Crippen LogP contribution >= 0.6 is 0 Å². The first-order chi connectivity index (χ1) is 15.5. The predicted molar refractivity (Wildman–Crippen MR) is 121 cm³/mol. The van der Waals surface area contributed by atoms with E-state index in [0.717, 1.165) is 16.5 Å². The van der Waals surface area contributed by atoms with Gasteiger partial charge in [-0.15, -0.1) is 0 Å². The van der Waals surface area contributed by atoms with Crippen molar-refractivity contribution in [1.82, 2.24) is 14.5 Å². The maximum absolute atomic E-state index is 13.3. The number of ketones is 1. The highest BCUT2D eigenvalue weighted by atomic mass is 16.1. The van der Waals surface area contributed by atoms with Crippen molar-refractivity contribution >= 4 is 28.3 Å². The lowest BCUT2D eigenvalue weighted by Crippen LogP contribution is -2.15. The third kappa shape index (κ3) is 4.25. The predicted octanol–water partition coefficient (Wildman–Crippen LogP) is 4.30. The zero-order chi connectivity index (χ0) is 22.7. The summed E-state index contributed by atoms with van der Waals surface area (Å²) in [6, 6.07) is 12.6. The highest BCUT2D eigenvalue weighted by Gasteiger charge is 2.19. The number of nitrogens with one attached hydrogen (secondary N) is 1. The molecule has 4 aromatic rings. The van der Waals surface area contributed by atoms with Crippen LogP contribution < -0.4 is 5.32 Å². The Labute approximate surface area is 185 Å². The molecule has 7 nitrogen and oxygen atoms in total. The minimum atomic E-state index is -0.235. The van der Waals surface area contributed by atoms with E-state index < -0.39 is 0 Å². The van der Waals surface area contributed by atoms with Crippen LogP contribution in [0.2, 0.25) is 0 Å². The Kier molecular flexibility index (Phi) is 5.77. The van der Waals surface area contributed by atoms with E-state index >= 15 is 0 Å². The number of nitrogens with zero attached hydrogens (tertiary/aromatic N) is 4. The molecule has 0 fully saturated rings. The highest BCUT2D eigenvalue weighted by Crippen LogP contribution is 2.26. The summed E-state index contributed by atoms with van der Waals surface area (Å²) in [6.07, 6.45) is 8.39. The molecule has 158 valence electrons. The zero-order valence-corrected chi connectivity index (χ0v) is 17.7. The van der Waals surface area contributed by atoms with Crippen LogP contribution in [-0.4, -0.2) is 26.2 Å². The molecular formula is C25H21N5O2. The van der Waals surface area contributed by atoms with Gasteiger partial charge in [0.05, 0.1) is 35.5 Å². The van der Waals surface area contributed by atoms with E-state index in [9.17, 15) is 9.59 Å². The maximum atomic E-state index is 13.3. The van der Waals surface area contributed by atoms with E-state index in [4.69, 9.17) is 5.26 Å². The number of anilines is 1. The summed E-state index contributed by atoms with van der Waals surface area (Å²) in [7, 11) is 0. The second-order valence-corrected chi connectivity index (χ2v) is 7.76. The first kappa shape index (κ1) is 20.9. The van der Waals surface area contributed by atoms with Crippen molar-refractivity contribution in [1.29, 1.82) is 5.26 Å². The van der Waals surface area contributed by atoms with Crippen molar-refractivity contribution in [2.24, 2.45) is 0 Å². The Balaban J connectivity index is 1.55. The average Bonchev–Trinajstić information content (AvgIpc) is 3.19. The molecule has 7 heteroatoms. The Morgan fingerprint density at radius 1 is 1.09 bits per heavy atom. The van der Waals surface area contributed by atoms with Gasteiger partial charge in [0.25, 0.3) is 0 Å². The van der Waals surface area contributed by atoms with Gasteiger partial charge in [-0.1, -0.05) is 12.1 Å². The third-order valence-electron chi connectivity index (χ3n) is 5.17.